The molecule has 0 aliphatic carbocycles. The number of rotatable bonds is 6. The third kappa shape index (κ3) is 5.17. The Hall–Kier alpha value is -2.64. The van der Waals surface area contributed by atoms with Gasteiger partial charge >= 0.3 is 0 Å². The van der Waals surface area contributed by atoms with Crippen LogP contribution in [0.1, 0.15) is 23.2 Å². The van der Waals surface area contributed by atoms with Crippen LogP contribution in [0.4, 0.5) is 15.8 Å². The number of hydrogen-bond donors (Lipinski definition) is 1. The number of amides is 2. The van der Waals surface area contributed by atoms with E-state index in [2.05, 4.69) is 15.1 Å². The van der Waals surface area contributed by atoms with Crippen molar-refractivity contribution in [2.75, 3.05) is 55.6 Å². The van der Waals surface area contributed by atoms with Gasteiger partial charge in [-0.3, -0.25) is 14.5 Å². The molecular formula is C23H26ClFN4O2. The van der Waals surface area contributed by atoms with Crippen molar-refractivity contribution in [1.82, 2.24) is 10.2 Å². The van der Waals surface area contributed by atoms with Crippen molar-refractivity contribution in [2.45, 2.75) is 12.8 Å². The van der Waals surface area contributed by atoms with Gasteiger partial charge in [0.05, 0.1) is 11.3 Å². The molecule has 0 radical (unpaired) electrons. The summed E-state index contributed by atoms with van der Waals surface area (Å²) in [4.78, 5) is 31.1. The molecule has 31 heavy (non-hydrogen) atoms. The first kappa shape index (κ1) is 21.6. The van der Waals surface area contributed by atoms with E-state index in [0.717, 1.165) is 44.8 Å². The molecule has 0 unspecified atom stereocenters. The summed E-state index contributed by atoms with van der Waals surface area (Å²) < 4.78 is 13.1. The fourth-order valence-electron chi connectivity index (χ4n) is 4.13. The van der Waals surface area contributed by atoms with Gasteiger partial charge in [-0.05, 0) is 48.9 Å². The maximum Gasteiger partial charge on any atom is 0.253 e. The standard InChI is InChI=1S/C23H26ClFN4O2/c24-17-3-8-20(21(16-17)29-10-1-2-22(29)30)23(31)26-9-11-27-12-14-28(15-13-27)19-6-4-18(25)5-7-19/h3-8,16H,1-2,9-15H2,(H,26,31). The molecule has 0 spiro atoms. The van der Waals surface area contributed by atoms with Crippen LogP contribution in [0.25, 0.3) is 0 Å². The van der Waals surface area contributed by atoms with Crippen molar-refractivity contribution in [3.05, 3.63) is 58.9 Å². The summed E-state index contributed by atoms with van der Waals surface area (Å²) in [6.45, 7) is 5.34. The van der Waals surface area contributed by atoms with Gasteiger partial charge in [0.15, 0.2) is 0 Å². The second-order valence-corrected chi connectivity index (χ2v) is 8.31. The SMILES string of the molecule is O=C(NCCN1CCN(c2ccc(F)cc2)CC1)c1ccc(Cl)cc1N1CCCC1=O. The second-order valence-electron chi connectivity index (χ2n) is 7.87. The summed E-state index contributed by atoms with van der Waals surface area (Å²) in [6.07, 6.45) is 1.29. The molecule has 2 heterocycles. The van der Waals surface area contributed by atoms with E-state index in [1.807, 2.05) is 0 Å². The van der Waals surface area contributed by atoms with Crippen molar-refractivity contribution < 1.29 is 14.0 Å². The summed E-state index contributed by atoms with van der Waals surface area (Å²) in [5.74, 6) is -0.400. The molecule has 2 amide bonds. The number of anilines is 2. The fourth-order valence-corrected chi connectivity index (χ4v) is 4.29. The Morgan fingerprint density at radius 3 is 2.45 bits per heavy atom. The molecule has 2 saturated heterocycles. The third-order valence-corrected chi connectivity index (χ3v) is 6.08. The summed E-state index contributed by atoms with van der Waals surface area (Å²) >= 11 is 6.12. The summed E-state index contributed by atoms with van der Waals surface area (Å²) in [5.41, 5.74) is 2.09. The van der Waals surface area contributed by atoms with Gasteiger partial charge in [0.1, 0.15) is 5.82 Å². The number of piperazine rings is 1. The number of carbonyl (C=O) groups is 2. The Morgan fingerprint density at radius 1 is 1.03 bits per heavy atom. The lowest BCUT2D eigenvalue weighted by Gasteiger charge is -2.36. The second kappa shape index (κ2) is 9.66. The van der Waals surface area contributed by atoms with Crippen LogP contribution in [0, 0.1) is 5.82 Å². The van der Waals surface area contributed by atoms with Crippen LogP contribution in [0.2, 0.25) is 5.02 Å². The van der Waals surface area contributed by atoms with Crippen LogP contribution < -0.4 is 15.1 Å². The molecule has 2 aliphatic heterocycles. The molecule has 2 aromatic carbocycles. The van der Waals surface area contributed by atoms with E-state index < -0.39 is 0 Å². The molecule has 1 N–H and O–H groups in total. The molecule has 8 heteroatoms. The predicted molar refractivity (Wildman–Crippen MR) is 120 cm³/mol. The lowest BCUT2D eigenvalue weighted by atomic mass is 10.1. The minimum absolute atomic E-state index is 0.0235. The van der Waals surface area contributed by atoms with Crippen LogP contribution in [0.5, 0.6) is 0 Å². The van der Waals surface area contributed by atoms with Crippen molar-refractivity contribution >= 4 is 34.8 Å². The van der Waals surface area contributed by atoms with E-state index in [1.54, 1.807) is 35.2 Å². The predicted octanol–water partition coefficient (Wildman–Crippen LogP) is 3.16. The van der Waals surface area contributed by atoms with Crippen molar-refractivity contribution in [3.63, 3.8) is 0 Å². The normalized spacial score (nSPS) is 17.3. The minimum Gasteiger partial charge on any atom is -0.369 e. The molecule has 2 aliphatic rings. The number of carbonyl (C=O) groups excluding carboxylic acids is 2. The molecule has 6 nitrogen and oxygen atoms in total. The lowest BCUT2D eigenvalue weighted by molar-refractivity contribution is -0.117. The van der Waals surface area contributed by atoms with Gasteiger partial charge in [-0.2, -0.15) is 0 Å². The van der Waals surface area contributed by atoms with Gasteiger partial charge in [0.25, 0.3) is 5.91 Å². The van der Waals surface area contributed by atoms with Gasteiger partial charge in [-0.15, -0.1) is 0 Å². The molecule has 164 valence electrons. The van der Waals surface area contributed by atoms with Crippen LogP contribution in [-0.2, 0) is 4.79 Å². The van der Waals surface area contributed by atoms with Gasteiger partial charge in [-0.1, -0.05) is 11.6 Å². The van der Waals surface area contributed by atoms with Crippen molar-refractivity contribution in [3.8, 4) is 0 Å². The number of nitrogens with zero attached hydrogens (tertiary/aromatic N) is 3. The summed E-state index contributed by atoms with van der Waals surface area (Å²) in [7, 11) is 0. The highest BCUT2D eigenvalue weighted by Crippen LogP contribution is 2.28. The Labute approximate surface area is 186 Å². The van der Waals surface area contributed by atoms with Crippen molar-refractivity contribution in [2.24, 2.45) is 0 Å². The van der Waals surface area contributed by atoms with E-state index >= 15 is 0 Å². The highest BCUT2D eigenvalue weighted by atomic mass is 35.5. The minimum atomic E-state index is -0.226. The average molecular weight is 445 g/mol. The van der Waals surface area contributed by atoms with E-state index in [0.29, 0.717) is 35.8 Å². The summed E-state index contributed by atoms with van der Waals surface area (Å²) in [6, 6.07) is 11.6. The van der Waals surface area contributed by atoms with Crippen LogP contribution >= 0.6 is 11.6 Å². The average Bonchev–Trinajstić information content (AvgIpc) is 3.20. The molecule has 2 fully saturated rings. The van der Waals surface area contributed by atoms with E-state index in [4.69, 9.17) is 11.6 Å². The number of hydrogen-bond acceptors (Lipinski definition) is 4. The zero-order valence-electron chi connectivity index (χ0n) is 17.3. The van der Waals surface area contributed by atoms with Crippen LogP contribution in [0.3, 0.4) is 0 Å². The maximum atomic E-state index is 13.1. The zero-order chi connectivity index (χ0) is 21.8. The smallest absolute Gasteiger partial charge is 0.253 e. The molecule has 2 aromatic rings. The highest BCUT2D eigenvalue weighted by Gasteiger charge is 2.26. The quantitative estimate of drug-likeness (QED) is 0.743. The van der Waals surface area contributed by atoms with Gasteiger partial charge in [-0.25, -0.2) is 4.39 Å². The first-order valence-electron chi connectivity index (χ1n) is 10.6. The molecule has 4 rings (SSSR count). The van der Waals surface area contributed by atoms with E-state index in [-0.39, 0.29) is 17.6 Å². The number of benzene rings is 2. The lowest BCUT2D eigenvalue weighted by Crippen LogP contribution is -2.48. The number of halogens is 2. The van der Waals surface area contributed by atoms with Crippen LogP contribution in [-0.4, -0.2) is 62.5 Å². The van der Waals surface area contributed by atoms with Gasteiger partial charge in [0.2, 0.25) is 5.91 Å². The number of nitrogens with one attached hydrogen (secondary N) is 1. The zero-order valence-corrected chi connectivity index (χ0v) is 18.1. The molecule has 0 saturated carbocycles. The maximum absolute atomic E-state index is 13.1. The Kier molecular flexibility index (Phi) is 6.73. The van der Waals surface area contributed by atoms with E-state index in [1.165, 1.54) is 12.1 Å². The van der Waals surface area contributed by atoms with Crippen molar-refractivity contribution in [1.29, 1.82) is 0 Å². The topological polar surface area (TPSA) is 55.9 Å². The van der Waals surface area contributed by atoms with Crippen LogP contribution in [0.15, 0.2) is 42.5 Å². The monoisotopic (exact) mass is 444 g/mol. The molecule has 0 bridgehead atoms. The largest absolute Gasteiger partial charge is 0.369 e. The molecule has 0 atom stereocenters. The Balaban J connectivity index is 1.28. The summed E-state index contributed by atoms with van der Waals surface area (Å²) in [5, 5.41) is 3.48. The third-order valence-electron chi connectivity index (χ3n) is 5.85. The molecule has 0 aromatic heterocycles. The van der Waals surface area contributed by atoms with Gasteiger partial charge in [0, 0.05) is 62.9 Å². The van der Waals surface area contributed by atoms with Gasteiger partial charge < -0.3 is 15.1 Å². The fraction of sp³-hybridized carbons (Fsp3) is 0.391. The van der Waals surface area contributed by atoms with E-state index in [9.17, 15) is 14.0 Å². The molecular weight excluding hydrogens is 419 g/mol. The Morgan fingerprint density at radius 2 is 1.77 bits per heavy atom. The Bertz CT molecular complexity index is 945. The first-order valence-corrected chi connectivity index (χ1v) is 11.0. The first-order chi connectivity index (χ1) is 15.0. The highest BCUT2D eigenvalue weighted by molar-refractivity contribution is 6.31.